The first-order valence-electron chi connectivity index (χ1n) is 6.08. The summed E-state index contributed by atoms with van der Waals surface area (Å²) in [6, 6.07) is 6.91. The molecule has 0 fully saturated rings. The number of methoxy groups -OCH3 is 1. The molecule has 106 valence electrons. The first kappa shape index (κ1) is 15.4. The van der Waals surface area contributed by atoms with E-state index in [1.54, 1.807) is 25.3 Å². The fraction of sp³-hybridized carbons (Fsp3) is 0.462. The van der Waals surface area contributed by atoms with Crippen LogP contribution in [0.3, 0.4) is 0 Å². The van der Waals surface area contributed by atoms with Crippen molar-refractivity contribution in [2.24, 2.45) is 5.84 Å². The number of hydrogen-bond acceptors (Lipinski definition) is 5. The molecule has 1 rings (SSSR count). The lowest BCUT2D eigenvalue weighted by molar-refractivity contribution is 0.0953. The van der Waals surface area contributed by atoms with Crippen LogP contribution in [-0.4, -0.2) is 51.3 Å². The molecule has 0 heterocycles. The van der Waals surface area contributed by atoms with Crippen molar-refractivity contribution in [2.45, 2.75) is 0 Å². The van der Waals surface area contributed by atoms with Crippen LogP contribution in [0.4, 0.5) is 0 Å². The molecular formula is C13H21N3O3. The number of carbonyl (C=O) groups excluding carboxylic acids is 1. The molecule has 0 saturated carbocycles. The summed E-state index contributed by atoms with van der Waals surface area (Å²) in [6.07, 6.45) is 0. The van der Waals surface area contributed by atoms with Gasteiger partial charge >= 0.3 is 0 Å². The van der Waals surface area contributed by atoms with Crippen LogP contribution in [0.15, 0.2) is 24.3 Å². The zero-order valence-corrected chi connectivity index (χ0v) is 11.4. The highest BCUT2D eigenvalue weighted by Crippen LogP contribution is 2.13. The minimum absolute atomic E-state index is 0.331. The number of nitrogen functional groups attached to an aromatic ring is 1. The van der Waals surface area contributed by atoms with Crippen molar-refractivity contribution in [3.8, 4) is 5.75 Å². The lowest BCUT2D eigenvalue weighted by Gasteiger charge is -2.16. The molecule has 0 aliphatic heterocycles. The minimum atomic E-state index is -0.331. The van der Waals surface area contributed by atoms with E-state index < -0.39 is 0 Å². The van der Waals surface area contributed by atoms with Crippen LogP contribution in [-0.2, 0) is 4.74 Å². The van der Waals surface area contributed by atoms with Crippen molar-refractivity contribution >= 4 is 5.91 Å². The molecule has 0 atom stereocenters. The van der Waals surface area contributed by atoms with Gasteiger partial charge in [-0.1, -0.05) is 6.07 Å². The number of hydrazine groups is 1. The van der Waals surface area contributed by atoms with E-state index in [1.807, 2.05) is 13.1 Å². The van der Waals surface area contributed by atoms with Gasteiger partial charge in [0.15, 0.2) is 0 Å². The highest BCUT2D eigenvalue weighted by molar-refractivity contribution is 5.94. The van der Waals surface area contributed by atoms with Crippen molar-refractivity contribution in [1.29, 1.82) is 0 Å². The highest BCUT2D eigenvalue weighted by atomic mass is 16.5. The smallest absolute Gasteiger partial charge is 0.265 e. The monoisotopic (exact) mass is 267 g/mol. The summed E-state index contributed by atoms with van der Waals surface area (Å²) < 4.78 is 10.6. The summed E-state index contributed by atoms with van der Waals surface area (Å²) in [5.74, 6) is 5.40. The van der Waals surface area contributed by atoms with Gasteiger partial charge in [-0.15, -0.1) is 0 Å². The molecule has 1 aromatic carbocycles. The maximum atomic E-state index is 11.4. The van der Waals surface area contributed by atoms with Crippen LogP contribution in [0.1, 0.15) is 10.4 Å². The molecule has 0 bridgehead atoms. The number of hydrogen-bond donors (Lipinski definition) is 2. The van der Waals surface area contributed by atoms with Crippen molar-refractivity contribution in [3.63, 3.8) is 0 Å². The molecule has 0 aliphatic carbocycles. The number of ether oxygens (including phenoxy) is 2. The maximum Gasteiger partial charge on any atom is 0.265 e. The number of amides is 1. The van der Waals surface area contributed by atoms with Gasteiger partial charge in [0.25, 0.3) is 5.91 Å². The third-order valence-corrected chi connectivity index (χ3v) is 2.65. The van der Waals surface area contributed by atoms with E-state index in [9.17, 15) is 4.79 Å². The minimum Gasteiger partial charge on any atom is -0.492 e. The second-order valence-corrected chi connectivity index (χ2v) is 4.15. The van der Waals surface area contributed by atoms with Gasteiger partial charge < -0.3 is 14.4 Å². The lowest BCUT2D eigenvalue weighted by atomic mass is 10.2. The van der Waals surface area contributed by atoms with Gasteiger partial charge in [-0.3, -0.25) is 10.2 Å². The summed E-state index contributed by atoms with van der Waals surface area (Å²) in [7, 11) is 3.68. The molecule has 1 amide bonds. The third-order valence-electron chi connectivity index (χ3n) is 2.65. The zero-order valence-electron chi connectivity index (χ0n) is 11.4. The predicted octanol–water partition coefficient (Wildman–Crippen LogP) is 0.247. The molecule has 0 radical (unpaired) electrons. The van der Waals surface area contributed by atoms with Crippen molar-refractivity contribution in [2.75, 3.05) is 40.5 Å². The summed E-state index contributed by atoms with van der Waals surface area (Å²) >= 11 is 0. The van der Waals surface area contributed by atoms with Crippen LogP contribution in [0.5, 0.6) is 5.75 Å². The van der Waals surface area contributed by atoms with Crippen molar-refractivity contribution in [1.82, 2.24) is 10.3 Å². The molecule has 6 nitrogen and oxygen atoms in total. The summed E-state index contributed by atoms with van der Waals surface area (Å²) in [4.78, 5) is 13.5. The third kappa shape index (κ3) is 5.69. The van der Waals surface area contributed by atoms with Gasteiger partial charge in [0.2, 0.25) is 0 Å². The molecule has 1 aromatic rings. The Bertz CT molecular complexity index is 398. The number of nitrogens with one attached hydrogen (secondary N) is 1. The number of nitrogens with zero attached hydrogens (tertiary/aromatic N) is 1. The van der Waals surface area contributed by atoms with E-state index in [1.165, 1.54) is 0 Å². The molecule has 0 unspecified atom stereocenters. The molecule has 0 aromatic heterocycles. The van der Waals surface area contributed by atoms with Crippen LogP contribution in [0.25, 0.3) is 0 Å². The number of carbonyl (C=O) groups is 1. The number of nitrogens with two attached hydrogens (primary N) is 1. The first-order chi connectivity index (χ1) is 9.17. The van der Waals surface area contributed by atoms with E-state index >= 15 is 0 Å². The second kappa shape index (κ2) is 8.47. The standard InChI is InChI=1S/C13H21N3O3/c1-16(6-8-18-2)7-9-19-12-5-3-4-11(10-12)13(17)15-14/h3-5,10H,6-9,14H2,1-2H3,(H,15,17). The van der Waals surface area contributed by atoms with E-state index in [0.29, 0.717) is 24.5 Å². The normalized spacial score (nSPS) is 10.5. The largest absolute Gasteiger partial charge is 0.492 e. The SMILES string of the molecule is COCCN(C)CCOc1cccc(C(=O)NN)c1. The van der Waals surface area contributed by atoms with Crippen molar-refractivity contribution < 1.29 is 14.3 Å². The van der Waals surface area contributed by atoms with Crippen LogP contribution in [0, 0.1) is 0 Å². The Balaban J connectivity index is 2.39. The first-order valence-corrected chi connectivity index (χ1v) is 6.08. The zero-order chi connectivity index (χ0) is 14.1. The molecule has 0 saturated heterocycles. The van der Waals surface area contributed by atoms with Crippen molar-refractivity contribution in [3.05, 3.63) is 29.8 Å². The Hall–Kier alpha value is -1.63. The van der Waals surface area contributed by atoms with E-state index in [4.69, 9.17) is 15.3 Å². The second-order valence-electron chi connectivity index (χ2n) is 4.15. The van der Waals surface area contributed by atoms with E-state index in [2.05, 4.69) is 10.3 Å². The highest BCUT2D eigenvalue weighted by Gasteiger charge is 2.05. The van der Waals surface area contributed by atoms with Gasteiger partial charge in [-0.2, -0.15) is 0 Å². The number of likely N-dealkylation sites (N-methyl/N-ethyl adjacent to an activating group) is 1. The average Bonchev–Trinajstić information content (AvgIpc) is 2.44. The predicted molar refractivity (Wildman–Crippen MR) is 73.0 cm³/mol. The Morgan fingerprint density at radius 2 is 2.11 bits per heavy atom. The summed E-state index contributed by atoms with van der Waals surface area (Å²) in [6.45, 7) is 2.89. The topological polar surface area (TPSA) is 76.8 Å². The van der Waals surface area contributed by atoms with Gasteiger partial charge in [0.05, 0.1) is 6.61 Å². The number of benzene rings is 1. The maximum absolute atomic E-state index is 11.4. The summed E-state index contributed by atoms with van der Waals surface area (Å²) in [5, 5.41) is 0. The molecule has 0 aliphatic rings. The Labute approximate surface area is 113 Å². The van der Waals surface area contributed by atoms with Crippen LogP contribution in [0.2, 0.25) is 0 Å². The fourth-order valence-corrected chi connectivity index (χ4v) is 1.49. The molecule has 19 heavy (non-hydrogen) atoms. The lowest BCUT2D eigenvalue weighted by Crippen LogP contribution is -2.30. The van der Waals surface area contributed by atoms with Gasteiger partial charge in [0, 0.05) is 25.8 Å². The molecule has 6 heteroatoms. The average molecular weight is 267 g/mol. The Morgan fingerprint density at radius 3 is 2.79 bits per heavy atom. The van der Waals surface area contributed by atoms with Gasteiger partial charge in [-0.25, -0.2) is 5.84 Å². The number of rotatable bonds is 8. The van der Waals surface area contributed by atoms with Gasteiger partial charge in [0.1, 0.15) is 12.4 Å². The fourth-order valence-electron chi connectivity index (χ4n) is 1.49. The molecule has 3 N–H and O–H groups in total. The summed E-state index contributed by atoms with van der Waals surface area (Å²) in [5.41, 5.74) is 2.57. The van der Waals surface area contributed by atoms with Crippen LogP contribution >= 0.6 is 0 Å². The van der Waals surface area contributed by atoms with Crippen LogP contribution < -0.4 is 16.0 Å². The van der Waals surface area contributed by atoms with Gasteiger partial charge in [-0.05, 0) is 25.2 Å². The van der Waals surface area contributed by atoms with E-state index in [0.717, 1.165) is 13.1 Å². The quantitative estimate of drug-likeness (QED) is 0.401. The Morgan fingerprint density at radius 1 is 1.37 bits per heavy atom. The molecular weight excluding hydrogens is 246 g/mol. The molecule has 0 spiro atoms. The van der Waals surface area contributed by atoms with E-state index in [-0.39, 0.29) is 5.91 Å². The Kier molecular flexibility index (Phi) is 6.88.